The Hall–Kier alpha value is -1.64. The first-order valence-electron chi connectivity index (χ1n) is 6.72. The predicted octanol–water partition coefficient (Wildman–Crippen LogP) is 1.34. The maximum Gasteiger partial charge on any atom is 0.0781 e. The Morgan fingerprint density at radius 3 is 1.96 bits per heavy atom. The van der Waals surface area contributed by atoms with Crippen molar-refractivity contribution in [2.75, 3.05) is 38.0 Å². The predicted molar refractivity (Wildman–Crippen MR) is 104 cm³/mol. The van der Waals surface area contributed by atoms with E-state index in [-0.39, 0.29) is 16.4 Å². The molecule has 134 valence electrons. The highest BCUT2D eigenvalue weighted by Crippen LogP contribution is 2.44. The van der Waals surface area contributed by atoms with E-state index >= 15 is 0 Å². The zero-order valence-electron chi connectivity index (χ0n) is 14.1. The van der Waals surface area contributed by atoms with Gasteiger partial charge in [0.15, 0.2) is 0 Å². The molecule has 0 bridgehead atoms. The monoisotopic (exact) mass is 373 g/mol. The zero-order valence-corrected chi connectivity index (χ0v) is 15.7. The van der Waals surface area contributed by atoms with Gasteiger partial charge in [-0.3, -0.25) is 0 Å². The van der Waals surface area contributed by atoms with Gasteiger partial charge in [-0.2, -0.15) is 0 Å². The van der Waals surface area contributed by atoms with Crippen LogP contribution in [0.5, 0.6) is 0 Å². The first kappa shape index (κ1) is 22.4. The first-order chi connectivity index (χ1) is 9.97. The van der Waals surface area contributed by atoms with Crippen molar-refractivity contribution in [1.82, 2.24) is 0 Å². The van der Waals surface area contributed by atoms with E-state index in [1.54, 1.807) is 0 Å². The molecule has 0 amide bonds. The molecule has 0 radical (unpaired) electrons. The van der Waals surface area contributed by atoms with Crippen LogP contribution < -0.4 is 15.2 Å². The van der Waals surface area contributed by atoms with E-state index in [2.05, 4.69) is 46.2 Å². The number of rotatable bonds is 2. The van der Waals surface area contributed by atoms with Gasteiger partial charge in [0.1, 0.15) is 0 Å². The van der Waals surface area contributed by atoms with Gasteiger partial charge in [0.2, 0.25) is 0 Å². The van der Waals surface area contributed by atoms with Crippen molar-refractivity contribution < 1.29 is 16.4 Å². The average molecular weight is 374 g/mol. The molecule has 0 saturated heterocycles. The standard InChI is InChI=1S/C16H18ClN3S.3H2O/c1-19(2)11-5-7-13-15(9-11)21(17)16-10-12(20(3)4)6-8-14(16)18-13;;;/h5-10H,1-4H3;3*1H2. The Kier molecular flexibility index (Phi) is 7.88. The van der Waals surface area contributed by atoms with E-state index in [0.717, 1.165) is 31.8 Å². The molecule has 1 aliphatic rings. The molecule has 2 aromatic rings. The van der Waals surface area contributed by atoms with Crippen LogP contribution in [-0.4, -0.2) is 44.6 Å². The van der Waals surface area contributed by atoms with E-state index in [1.165, 1.54) is 0 Å². The second-order valence-electron chi connectivity index (χ2n) is 5.46. The Morgan fingerprint density at radius 2 is 1.38 bits per heavy atom. The highest BCUT2D eigenvalue weighted by molar-refractivity contribution is 8.29. The number of nitrogens with zero attached hydrogens (tertiary/aromatic N) is 3. The van der Waals surface area contributed by atoms with Crippen LogP contribution in [0, 0.1) is 4.51 Å². The lowest BCUT2D eigenvalue weighted by Crippen LogP contribution is -2.13. The van der Waals surface area contributed by atoms with Crippen LogP contribution in [0.4, 0.5) is 17.1 Å². The van der Waals surface area contributed by atoms with Gasteiger partial charge in [-0.05, 0) is 47.1 Å². The molecule has 8 heteroatoms. The molecule has 3 rings (SSSR count). The van der Waals surface area contributed by atoms with Crippen molar-refractivity contribution in [3.05, 3.63) is 46.3 Å². The summed E-state index contributed by atoms with van der Waals surface area (Å²) in [6.45, 7) is 0. The maximum absolute atomic E-state index is 6.76. The summed E-state index contributed by atoms with van der Waals surface area (Å²) in [7, 11) is 14.4. The van der Waals surface area contributed by atoms with E-state index < -0.39 is 9.70 Å². The third-order valence-electron chi connectivity index (χ3n) is 3.55. The fraction of sp³-hybridized carbons (Fsp3) is 0.250. The Labute approximate surface area is 148 Å². The van der Waals surface area contributed by atoms with E-state index in [4.69, 9.17) is 15.7 Å². The number of hydrogen-bond acceptors (Lipinski definition) is 3. The zero-order chi connectivity index (χ0) is 15.1. The van der Waals surface area contributed by atoms with Gasteiger partial charge in [-0.25, -0.2) is 4.99 Å². The molecule has 6 N–H and O–H groups in total. The minimum atomic E-state index is -0.469. The summed E-state index contributed by atoms with van der Waals surface area (Å²) in [5.41, 5.74) is 3.27. The van der Waals surface area contributed by atoms with Gasteiger partial charge in [0, 0.05) is 49.0 Å². The van der Waals surface area contributed by atoms with Gasteiger partial charge in [0.05, 0.1) is 11.0 Å². The molecule has 2 aromatic carbocycles. The molecule has 1 atom stereocenters. The van der Waals surface area contributed by atoms with Crippen LogP contribution in [-0.2, 0) is 0 Å². The Bertz CT molecular complexity index is 841. The molecular weight excluding hydrogens is 350 g/mol. The van der Waals surface area contributed by atoms with E-state index in [0.29, 0.717) is 0 Å². The SMILES string of the molecule is CN(C)c1ccc2c(c1)S(Cl)=c1cc(N(C)C)ccc1=N2.O.O.O. The number of anilines is 2. The Balaban J connectivity index is 0.00000176. The molecule has 1 aliphatic heterocycles. The number of benzene rings is 2. The fourth-order valence-corrected chi connectivity index (χ4v) is 4.30. The second-order valence-corrected chi connectivity index (χ2v) is 7.78. The smallest absolute Gasteiger partial charge is 0.0781 e. The molecule has 0 aliphatic carbocycles. The highest BCUT2D eigenvalue weighted by Gasteiger charge is 2.13. The number of halogens is 1. The third-order valence-corrected chi connectivity index (χ3v) is 5.97. The van der Waals surface area contributed by atoms with Crippen molar-refractivity contribution in [3.63, 3.8) is 0 Å². The van der Waals surface area contributed by atoms with Crippen LogP contribution >= 0.6 is 20.4 Å². The third kappa shape index (κ3) is 3.88. The topological polar surface area (TPSA) is 113 Å². The normalized spacial score (nSPS) is 13.8. The lowest BCUT2D eigenvalue weighted by molar-refractivity contribution is 0.823. The van der Waals surface area contributed by atoms with Crippen LogP contribution in [0.25, 0.3) is 0 Å². The molecule has 0 spiro atoms. The molecule has 6 nitrogen and oxygen atoms in total. The van der Waals surface area contributed by atoms with Gasteiger partial charge >= 0.3 is 0 Å². The lowest BCUT2D eigenvalue weighted by Gasteiger charge is -2.18. The highest BCUT2D eigenvalue weighted by atomic mass is 35.7. The summed E-state index contributed by atoms with van der Waals surface area (Å²) in [4.78, 5) is 10.0. The summed E-state index contributed by atoms with van der Waals surface area (Å²) < 4.78 is 1.10. The van der Waals surface area contributed by atoms with Gasteiger partial charge < -0.3 is 26.2 Å². The fourth-order valence-electron chi connectivity index (χ4n) is 2.28. The van der Waals surface area contributed by atoms with Crippen LogP contribution in [0.3, 0.4) is 0 Å². The minimum absolute atomic E-state index is 0. The number of fused-ring (bicyclic) bond motifs is 2. The van der Waals surface area contributed by atoms with Crippen molar-refractivity contribution in [2.45, 2.75) is 4.90 Å². The quantitative estimate of drug-likeness (QED) is 0.739. The van der Waals surface area contributed by atoms with Crippen LogP contribution in [0.15, 0.2) is 46.3 Å². The lowest BCUT2D eigenvalue weighted by atomic mass is 10.2. The van der Waals surface area contributed by atoms with Crippen LogP contribution in [0.1, 0.15) is 0 Å². The molecule has 1 unspecified atom stereocenters. The average Bonchev–Trinajstić information content (AvgIpc) is 2.46. The van der Waals surface area contributed by atoms with Crippen LogP contribution in [0.2, 0.25) is 0 Å². The summed E-state index contributed by atoms with van der Waals surface area (Å²) in [5.74, 6) is 0. The van der Waals surface area contributed by atoms with Gasteiger partial charge in [-0.15, -0.1) is 0 Å². The largest absolute Gasteiger partial charge is 0.412 e. The van der Waals surface area contributed by atoms with Crippen molar-refractivity contribution >= 4 is 37.4 Å². The molecular formula is C16H24ClN3O3S. The second kappa shape index (κ2) is 8.46. The molecule has 24 heavy (non-hydrogen) atoms. The summed E-state index contributed by atoms with van der Waals surface area (Å²) in [6, 6.07) is 12.5. The molecule has 0 saturated carbocycles. The van der Waals surface area contributed by atoms with Crippen molar-refractivity contribution in [2.24, 2.45) is 4.99 Å². The molecule has 0 fully saturated rings. The summed E-state index contributed by atoms with van der Waals surface area (Å²) in [6.07, 6.45) is 0. The van der Waals surface area contributed by atoms with Crippen molar-refractivity contribution in [3.8, 4) is 0 Å². The Morgan fingerprint density at radius 1 is 0.833 bits per heavy atom. The summed E-state index contributed by atoms with van der Waals surface area (Å²) in [5, 5.41) is 0.976. The summed E-state index contributed by atoms with van der Waals surface area (Å²) >= 11 is 0. The maximum atomic E-state index is 6.76. The van der Waals surface area contributed by atoms with Gasteiger partial charge in [0.25, 0.3) is 0 Å². The van der Waals surface area contributed by atoms with E-state index in [1.807, 2.05) is 28.2 Å². The number of hydrogen-bond donors (Lipinski definition) is 0. The molecule has 1 heterocycles. The minimum Gasteiger partial charge on any atom is -0.412 e. The van der Waals surface area contributed by atoms with Gasteiger partial charge in [-0.1, -0.05) is 9.70 Å². The van der Waals surface area contributed by atoms with Crippen molar-refractivity contribution in [1.29, 1.82) is 0 Å². The first-order valence-corrected chi connectivity index (χ1v) is 8.77. The van der Waals surface area contributed by atoms with E-state index in [9.17, 15) is 0 Å². The molecule has 0 aromatic heterocycles.